The van der Waals surface area contributed by atoms with Crippen LogP contribution < -0.4 is 4.74 Å². The minimum Gasteiger partial charge on any atom is -0.496 e. The Morgan fingerprint density at radius 3 is 2.74 bits per heavy atom. The summed E-state index contributed by atoms with van der Waals surface area (Å²) in [5, 5.41) is 12.0. The molecule has 2 aromatic rings. The predicted octanol–water partition coefficient (Wildman–Crippen LogP) is 3.15. The normalized spacial score (nSPS) is 10.5. The lowest BCUT2D eigenvalue weighted by molar-refractivity contribution is 0.0686. The quantitative estimate of drug-likeness (QED) is 0.938. The molecule has 0 radical (unpaired) electrons. The number of methoxy groups -OCH3 is 1. The number of carbonyl (C=O) groups is 1. The average Bonchev–Trinajstić information content (AvgIpc) is 2.82. The van der Waals surface area contributed by atoms with Crippen molar-refractivity contribution in [3.8, 4) is 17.1 Å². The van der Waals surface area contributed by atoms with Gasteiger partial charge in [0.25, 0.3) is 0 Å². The van der Waals surface area contributed by atoms with Crippen LogP contribution in [0.3, 0.4) is 0 Å². The van der Waals surface area contributed by atoms with Crippen LogP contribution in [0.4, 0.5) is 4.39 Å². The Balaban J connectivity index is 2.69. The van der Waals surface area contributed by atoms with E-state index < -0.39 is 11.8 Å². The lowest BCUT2D eigenvalue weighted by atomic mass is 10.1. The molecule has 0 saturated carbocycles. The molecule has 0 fully saturated rings. The van der Waals surface area contributed by atoms with Crippen LogP contribution in [0.1, 0.15) is 16.1 Å². The molecule has 0 unspecified atom stereocenters. The minimum absolute atomic E-state index is 0.0486. The molecule has 1 heterocycles. The maximum atomic E-state index is 14.1. The largest absolute Gasteiger partial charge is 0.496 e. The van der Waals surface area contributed by atoms with E-state index in [1.54, 1.807) is 6.92 Å². The molecule has 0 aliphatic heterocycles. The number of carboxylic acids is 1. The molecule has 0 bridgehead atoms. The van der Waals surface area contributed by atoms with Crippen LogP contribution >= 0.6 is 11.6 Å². The van der Waals surface area contributed by atoms with E-state index in [4.69, 9.17) is 26.0 Å². The van der Waals surface area contributed by atoms with Crippen molar-refractivity contribution in [1.82, 2.24) is 5.16 Å². The number of aromatic carboxylic acids is 1. The Kier molecular flexibility index (Phi) is 3.44. The predicted molar refractivity (Wildman–Crippen MR) is 65.2 cm³/mol. The van der Waals surface area contributed by atoms with E-state index in [0.717, 1.165) is 6.07 Å². The lowest BCUT2D eigenvalue weighted by Crippen LogP contribution is -1.96. The summed E-state index contributed by atoms with van der Waals surface area (Å²) >= 11 is 5.76. The summed E-state index contributed by atoms with van der Waals surface area (Å²) in [6, 6.07) is 2.52. The maximum Gasteiger partial charge on any atom is 0.358 e. The number of carboxylic acid groups (broad SMARTS) is 1. The number of aryl methyl sites for hydroxylation is 1. The summed E-state index contributed by atoms with van der Waals surface area (Å²) < 4.78 is 24.0. The first-order chi connectivity index (χ1) is 8.95. The summed E-state index contributed by atoms with van der Waals surface area (Å²) in [7, 11) is 1.37. The van der Waals surface area contributed by atoms with E-state index >= 15 is 0 Å². The van der Waals surface area contributed by atoms with E-state index in [2.05, 4.69) is 5.16 Å². The van der Waals surface area contributed by atoms with Gasteiger partial charge in [0.1, 0.15) is 5.75 Å². The molecule has 0 saturated heterocycles. The zero-order valence-electron chi connectivity index (χ0n) is 10.0. The second-order valence-electron chi connectivity index (χ2n) is 3.78. The first-order valence-corrected chi connectivity index (χ1v) is 5.56. The number of benzene rings is 1. The smallest absolute Gasteiger partial charge is 0.358 e. The Morgan fingerprint density at radius 1 is 1.53 bits per heavy atom. The van der Waals surface area contributed by atoms with Crippen LogP contribution in [-0.2, 0) is 0 Å². The van der Waals surface area contributed by atoms with Gasteiger partial charge in [-0.3, -0.25) is 0 Å². The van der Waals surface area contributed by atoms with Gasteiger partial charge in [-0.1, -0.05) is 16.8 Å². The molecule has 100 valence electrons. The van der Waals surface area contributed by atoms with Gasteiger partial charge in [-0.15, -0.1) is 0 Å². The SMILES string of the molecule is COc1c(C)cc(Cl)c(F)c1-c1cc(C(=O)O)no1. The van der Waals surface area contributed by atoms with Crippen molar-refractivity contribution >= 4 is 17.6 Å². The lowest BCUT2D eigenvalue weighted by Gasteiger charge is -2.11. The third kappa shape index (κ3) is 2.26. The van der Waals surface area contributed by atoms with E-state index in [0.29, 0.717) is 5.56 Å². The Morgan fingerprint density at radius 2 is 2.21 bits per heavy atom. The van der Waals surface area contributed by atoms with Crippen molar-refractivity contribution in [3.63, 3.8) is 0 Å². The van der Waals surface area contributed by atoms with Crippen molar-refractivity contribution in [3.05, 3.63) is 34.2 Å². The first kappa shape index (κ1) is 13.4. The van der Waals surface area contributed by atoms with Gasteiger partial charge in [-0.05, 0) is 18.6 Å². The Hall–Kier alpha value is -2.08. The monoisotopic (exact) mass is 285 g/mol. The fourth-order valence-corrected chi connectivity index (χ4v) is 1.97. The molecule has 2 rings (SSSR count). The fraction of sp³-hybridized carbons (Fsp3) is 0.167. The highest BCUT2D eigenvalue weighted by atomic mass is 35.5. The van der Waals surface area contributed by atoms with Crippen molar-refractivity contribution in [2.24, 2.45) is 0 Å². The molecular weight excluding hydrogens is 277 g/mol. The summed E-state index contributed by atoms with van der Waals surface area (Å²) in [4.78, 5) is 10.7. The molecule has 0 aliphatic rings. The maximum absolute atomic E-state index is 14.1. The van der Waals surface area contributed by atoms with Crippen molar-refractivity contribution in [1.29, 1.82) is 0 Å². The standard InChI is InChI=1S/C12H9ClFNO4/c1-5-3-6(13)10(14)9(11(5)18-2)8-4-7(12(16)17)15-19-8/h3-4H,1-2H3,(H,16,17). The van der Waals surface area contributed by atoms with Crippen LogP contribution in [0, 0.1) is 12.7 Å². The molecule has 1 aromatic heterocycles. The Bertz CT molecular complexity index is 653. The van der Waals surface area contributed by atoms with Crippen LogP contribution in [-0.4, -0.2) is 23.3 Å². The molecular formula is C12H9ClFNO4. The average molecular weight is 286 g/mol. The van der Waals surface area contributed by atoms with Crippen molar-refractivity contribution in [2.75, 3.05) is 7.11 Å². The topological polar surface area (TPSA) is 72.6 Å². The molecule has 0 spiro atoms. The van der Waals surface area contributed by atoms with Crippen LogP contribution in [0.5, 0.6) is 5.75 Å². The number of halogens is 2. The van der Waals surface area contributed by atoms with Crippen LogP contribution in [0.2, 0.25) is 5.02 Å². The van der Waals surface area contributed by atoms with Gasteiger partial charge in [0.2, 0.25) is 0 Å². The van der Waals surface area contributed by atoms with Gasteiger partial charge < -0.3 is 14.4 Å². The number of aromatic nitrogens is 1. The highest BCUT2D eigenvalue weighted by Gasteiger charge is 2.23. The number of hydrogen-bond acceptors (Lipinski definition) is 4. The molecule has 0 aliphatic carbocycles. The second kappa shape index (κ2) is 4.89. The number of ether oxygens (including phenoxy) is 1. The minimum atomic E-state index is -1.27. The Labute approximate surface area is 112 Å². The molecule has 1 aromatic carbocycles. The van der Waals surface area contributed by atoms with Gasteiger partial charge in [-0.2, -0.15) is 0 Å². The van der Waals surface area contributed by atoms with Crippen LogP contribution in [0.25, 0.3) is 11.3 Å². The second-order valence-corrected chi connectivity index (χ2v) is 4.19. The number of hydrogen-bond donors (Lipinski definition) is 1. The zero-order chi connectivity index (χ0) is 14.2. The van der Waals surface area contributed by atoms with E-state index in [-0.39, 0.29) is 27.8 Å². The van der Waals surface area contributed by atoms with Gasteiger partial charge in [-0.25, -0.2) is 9.18 Å². The summed E-state index contributed by atoms with van der Waals surface area (Å²) in [6.07, 6.45) is 0. The summed E-state index contributed by atoms with van der Waals surface area (Å²) in [6.45, 7) is 1.68. The summed E-state index contributed by atoms with van der Waals surface area (Å²) in [5.74, 6) is -1.86. The van der Waals surface area contributed by atoms with Gasteiger partial charge >= 0.3 is 5.97 Å². The molecule has 5 nitrogen and oxygen atoms in total. The first-order valence-electron chi connectivity index (χ1n) is 5.18. The van der Waals surface area contributed by atoms with Gasteiger partial charge in [0.15, 0.2) is 17.3 Å². The number of nitrogens with zero attached hydrogens (tertiary/aromatic N) is 1. The van der Waals surface area contributed by atoms with Gasteiger partial charge in [0, 0.05) is 6.07 Å². The van der Waals surface area contributed by atoms with E-state index in [9.17, 15) is 9.18 Å². The third-order valence-electron chi connectivity index (χ3n) is 2.54. The molecule has 1 N–H and O–H groups in total. The summed E-state index contributed by atoms with van der Waals surface area (Å²) in [5.41, 5.74) is 0.221. The number of rotatable bonds is 3. The van der Waals surface area contributed by atoms with Crippen molar-refractivity contribution < 1.29 is 23.6 Å². The highest BCUT2D eigenvalue weighted by Crippen LogP contribution is 2.39. The highest BCUT2D eigenvalue weighted by molar-refractivity contribution is 6.31. The van der Waals surface area contributed by atoms with E-state index in [1.807, 2.05) is 0 Å². The molecule has 0 amide bonds. The zero-order valence-corrected chi connectivity index (χ0v) is 10.8. The molecule has 0 atom stereocenters. The molecule has 7 heteroatoms. The van der Waals surface area contributed by atoms with Crippen molar-refractivity contribution in [2.45, 2.75) is 6.92 Å². The fourth-order valence-electron chi connectivity index (χ4n) is 1.71. The van der Waals surface area contributed by atoms with Crippen LogP contribution in [0.15, 0.2) is 16.7 Å². The van der Waals surface area contributed by atoms with E-state index in [1.165, 1.54) is 13.2 Å². The molecule has 19 heavy (non-hydrogen) atoms. The third-order valence-corrected chi connectivity index (χ3v) is 2.81. The van der Waals surface area contributed by atoms with Gasteiger partial charge in [0.05, 0.1) is 17.7 Å².